The lowest BCUT2D eigenvalue weighted by atomic mass is 10.1. The molecule has 0 bridgehead atoms. The van der Waals surface area contributed by atoms with E-state index >= 15 is 0 Å². The molecule has 23 heteroatoms. The number of aryl methyl sites for hydroxylation is 1. The van der Waals surface area contributed by atoms with Crippen LogP contribution in [0.5, 0.6) is 0 Å². The van der Waals surface area contributed by atoms with Gasteiger partial charge in [0.15, 0.2) is 0 Å². The molecule has 0 aliphatic carbocycles. The number of amides is 5. The lowest BCUT2D eigenvalue weighted by Crippen LogP contribution is -2.51. The maximum atomic E-state index is 12.3. The Labute approximate surface area is 333 Å². The van der Waals surface area contributed by atoms with Gasteiger partial charge in [-0.1, -0.05) is 18.1 Å². The number of carbonyl (C=O) groups excluding carboxylic acids is 4. The summed E-state index contributed by atoms with van der Waals surface area (Å²) >= 11 is 0.184. The van der Waals surface area contributed by atoms with Crippen molar-refractivity contribution >= 4 is 59.8 Å². The zero-order valence-electron chi connectivity index (χ0n) is 31.7. The number of halogens is 1. The van der Waals surface area contributed by atoms with Gasteiger partial charge in [0.1, 0.15) is 24.9 Å². The van der Waals surface area contributed by atoms with Crippen LogP contribution in [-0.2, 0) is 51.5 Å². The van der Waals surface area contributed by atoms with Crippen molar-refractivity contribution in [2.24, 2.45) is 0 Å². The number of hydrogen-bond acceptors (Lipinski definition) is 12. The molecule has 0 aromatic carbocycles. The summed E-state index contributed by atoms with van der Waals surface area (Å²) in [5, 5.41) is 56.8. The van der Waals surface area contributed by atoms with Crippen molar-refractivity contribution in [1.82, 2.24) is 41.6 Å². The Morgan fingerprint density at radius 3 is 1.74 bits per heavy atom. The van der Waals surface area contributed by atoms with Crippen LogP contribution in [-0.4, -0.2) is 127 Å². The third-order valence-electron chi connectivity index (χ3n) is 8.25. The molecule has 21 nitrogen and oxygen atoms in total. The summed E-state index contributed by atoms with van der Waals surface area (Å²) in [7, 11) is 0. The molecule has 9 N–H and O–H groups in total. The fraction of sp³-hybridized carbons (Fsp3) is 0.706. The van der Waals surface area contributed by atoms with Crippen LogP contribution in [0, 0.1) is 0 Å². The van der Waals surface area contributed by atoms with Crippen molar-refractivity contribution in [3.05, 3.63) is 11.9 Å². The lowest BCUT2D eigenvalue weighted by Gasteiger charge is -2.18. The first-order chi connectivity index (χ1) is 27.2. The molecule has 0 fully saturated rings. The molecule has 0 spiro atoms. The zero-order chi connectivity index (χ0) is 42.4. The molecule has 1 aromatic heterocycles. The number of carbonyl (C=O) groups is 8. The number of nitrogens with one attached hydrogen (secondary N) is 5. The van der Waals surface area contributed by atoms with Crippen LogP contribution in [0.4, 0.5) is 8.68 Å². The summed E-state index contributed by atoms with van der Waals surface area (Å²) in [6.07, 6.45) is 5.97. The number of aromatic nitrogens is 3. The number of aliphatic carboxylic acids is 4. The Hall–Kier alpha value is -5.06. The monoisotopic (exact) mass is 834 g/mol. The van der Waals surface area contributed by atoms with E-state index < -0.39 is 60.4 Å². The van der Waals surface area contributed by atoms with Gasteiger partial charge < -0.3 is 51.7 Å². The van der Waals surface area contributed by atoms with Crippen LogP contribution in [0.3, 0.4) is 0 Å². The molecule has 3 atom stereocenters. The first-order valence-corrected chi connectivity index (χ1v) is 19.6. The molecule has 0 aliphatic heterocycles. The maximum absolute atomic E-state index is 12.3. The Kier molecular flexibility index (Phi) is 26.4. The van der Waals surface area contributed by atoms with Crippen molar-refractivity contribution in [1.29, 1.82) is 0 Å². The third kappa shape index (κ3) is 25.7. The maximum Gasteiger partial charge on any atom is 0.326 e. The fourth-order valence-electron chi connectivity index (χ4n) is 5.17. The second kappa shape index (κ2) is 30.1. The lowest BCUT2D eigenvalue weighted by molar-refractivity contribution is -0.142. The van der Waals surface area contributed by atoms with Gasteiger partial charge in [0.2, 0.25) is 17.7 Å². The molecule has 0 saturated heterocycles. The highest BCUT2D eigenvalue weighted by atomic mass is 32.2. The fourth-order valence-corrected chi connectivity index (χ4v) is 5.36. The average molecular weight is 835 g/mol. The molecule has 1 heterocycles. The molecule has 5 amide bonds. The molecular weight excluding hydrogens is 779 g/mol. The van der Waals surface area contributed by atoms with Gasteiger partial charge in [0.25, 0.3) is 0 Å². The van der Waals surface area contributed by atoms with Gasteiger partial charge in [-0.15, -0.1) is 5.10 Å². The minimum absolute atomic E-state index is 0.00407. The highest BCUT2D eigenvalue weighted by Crippen LogP contribution is 2.08. The quantitative estimate of drug-likeness (QED) is 0.0443. The largest absolute Gasteiger partial charge is 0.481 e. The Morgan fingerprint density at radius 2 is 1.19 bits per heavy atom. The van der Waals surface area contributed by atoms with Gasteiger partial charge in [0.05, 0.1) is 18.5 Å². The minimum Gasteiger partial charge on any atom is -0.481 e. The van der Waals surface area contributed by atoms with Gasteiger partial charge in [-0.05, 0) is 57.8 Å². The first-order valence-electron chi connectivity index (χ1n) is 18.7. The van der Waals surface area contributed by atoms with E-state index in [1.807, 2.05) is 0 Å². The van der Waals surface area contributed by atoms with E-state index in [1.54, 1.807) is 6.20 Å². The number of carboxylic acid groups (broad SMARTS) is 4. The zero-order valence-corrected chi connectivity index (χ0v) is 32.6. The Morgan fingerprint density at radius 1 is 0.667 bits per heavy atom. The summed E-state index contributed by atoms with van der Waals surface area (Å²) in [6, 6.07) is -4.95. The van der Waals surface area contributed by atoms with Crippen LogP contribution >= 0.6 is 12.1 Å². The van der Waals surface area contributed by atoms with Gasteiger partial charge in [-0.25, -0.2) is 23.9 Å². The molecule has 1 rings (SSSR count). The van der Waals surface area contributed by atoms with E-state index in [4.69, 9.17) is 14.9 Å². The van der Waals surface area contributed by atoms with E-state index in [0.29, 0.717) is 70.0 Å². The summed E-state index contributed by atoms with van der Waals surface area (Å²) in [5.41, 5.74) is 0.603. The Balaban J connectivity index is 2.15. The third-order valence-corrected chi connectivity index (χ3v) is 8.57. The number of urea groups is 1. The molecule has 0 aliphatic rings. The summed E-state index contributed by atoms with van der Waals surface area (Å²) in [6.45, 7) is 0.973. The van der Waals surface area contributed by atoms with Gasteiger partial charge in [-0.2, -0.15) is 3.89 Å². The van der Waals surface area contributed by atoms with E-state index in [1.165, 1.54) is 4.68 Å². The van der Waals surface area contributed by atoms with Crippen molar-refractivity contribution in [2.45, 2.75) is 128 Å². The van der Waals surface area contributed by atoms with Crippen molar-refractivity contribution < 1.29 is 67.4 Å². The molecule has 57 heavy (non-hydrogen) atoms. The number of ether oxygens (including phenoxy) is 1. The second-order valence-corrected chi connectivity index (χ2v) is 13.6. The van der Waals surface area contributed by atoms with Gasteiger partial charge in [-0.3, -0.25) is 19.2 Å². The minimum atomic E-state index is -1.51. The van der Waals surface area contributed by atoms with Crippen molar-refractivity contribution in [3.8, 4) is 0 Å². The van der Waals surface area contributed by atoms with Gasteiger partial charge >= 0.3 is 29.9 Å². The molecule has 0 saturated carbocycles. The standard InChI is InChI=1S/C34H55FN8O13S/c35-57-20-19-56-22-43-21-23(41-42-43)13-15-28(45)37-18-7-5-9-24(31(49)50)38-29(46)12-4-2-1-3-11-27(44)36-17-8-6-10-25(32(51)52)39-34(55)40-26(33(53)54)14-16-30(47)48/h21,24-26H,1-20,22H2,(H,36,44)(H,37,45)(H,38,46)(H,47,48)(H,49,50)(H,51,52)(H,53,54)(H2,39,40,55). The van der Waals surface area contributed by atoms with Gasteiger partial charge in [0, 0.05) is 63.1 Å². The topological polar surface area (TPSA) is 318 Å². The van der Waals surface area contributed by atoms with E-state index in [-0.39, 0.29) is 88.1 Å². The molecule has 3 unspecified atom stereocenters. The highest BCUT2D eigenvalue weighted by molar-refractivity contribution is 7.94. The second-order valence-electron chi connectivity index (χ2n) is 13.0. The molecule has 0 radical (unpaired) electrons. The normalized spacial score (nSPS) is 12.4. The number of unbranched alkanes of at least 4 members (excludes halogenated alkanes) is 5. The smallest absolute Gasteiger partial charge is 0.326 e. The number of rotatable bonds is 34. The van der Waals surface area contributed by atoms with Crippen molar-refractivity contribution in [2.75, 3.05) is 25.4 Å². The predicted molar refractivity (Wildman–Crippen MR) is 200 cm³/mol. The average Bonchev–Trinajstić information content (AvgIpc) is 3.61. The predicted octanol–water partition coefficient (Wildman–Crippen LogP) is 1.36. The molecule has 1 aromatic rings. The van der Waals surface area contributed by atoms with Crippen LogP contribution in [0.2, 0.25) is 0 Å². The Bertz CT molecular complexity index is 1440. The van der Waals surface area contributed by atoms with Crippen LogP contribution in [0.1, 0.15) is 102 Å². The highest BCUT2D eigenvalue weighted by Gasteiger charge is 2.25. The first kappa shape index (κ1) is 50.0. The number of carboxylic acids is 4. The SMILES string of the molecule is O=C(O)CCC(NC(=O)NC(CCCCNC(=O)CCCCCCC(=O)NC(CCCCNC(=O)CCc1cn(COCCSF)nn1)C(=O)O)C(=O)O)C(=O)O. The summed E-state index contributed by atoms with van der Waals surface area (Å²) in [5.74, 6) is -5.78. The number of nitrogens with zero attached hydrogens (tertiary/aromatic N) is 3. The summed E-state index contributed by atoms with van der Waals surface area (Å²) in [4.78, 5) is 93.8. The van der Waals surface area contributed by atoms with E-state index in [2.05, 4.69) is 36.9 Å². The van der Waals surface area contributed by atoms with Crippen molar-refractivity contribution in [3.63, 3.8) is 0 Å². The van der Waals surface area contributed by atoms with E-state index in [0.717, 1.165) is 0 Å². The molecular formula is C34H55FN8O13S. The van der Waals surface area contributed by atoms with Crippen LogP contribution < -0.4 is 26.6 Å². The number of hydrogen-bond donors (Lipinski definition) is 9. The van der Waals surface area contributed by atoms with Crippen LogP contribution in [0.25, 0.3) is 0 Å². The summed E-state index contributed by atoms with van der Waals surface area (Å²) < 4.78 is 18.7. The van der Waals surface area contributed by atoms with E-state index in [9.17, 15) is 52.5 Å². The molecule has 322 valence electrons. The van der Waals surface area contributed by atoms with Crippen LogP contribution in [0.15, 0.2) is 6.20 Å².